The van der Waals surface area contributed by atoms with E-state index in [-0.39, 0.29) is 6.67 Å². The Morgan fingerprint density at radius 1 is 1.57 bits per heavy atom. The van der Waals surface area contributed by atoms with Crippen molar-refractivity contribution in [2.75, 3.05) is 18.5 Å². The number of unbranched alkanes of at least 4 members (excludes halogenated alkanes) is 1. The van der Waals surface area contributed by atoms with Crippen LogP contribution in [0.4, 0.5) is 10.2 Å². The lowest BCUT2D eigenvalue weighted by atomic mass is 10.3. The van der Waals surface area contributed by atoms with Gasteiger partial charge in [-0.1, -0.05) is 13.3 Å². The average Bonchev–Trinajstić information content (AvgIpc) is 2.48. The number of halogens is 1. The molecule has 0 amide bonds. The van der Waals surface area contributed by atoms with Gasteiger partial charge in [0.25, 0.3) is 0 Å². The van der Waals surface area contributed by atoms with Crippen molar-refractivity contribution in [1.29, 1.82) is 0 Å². The fourth-order valence-corrected chi connectivity index (χ4v) is 1.28. The number of aromatic nitrogens is 2. The molecule has 0 saturated heterocycles. The van der Waals surface area contributed by atoms with Crippen molar-refractivity contribution in [3.05, 3.63) is 11.8 Å². The third-order valence-electron chi connectivity index (χ3n) is 2.08. The molecule has 1 aromatic heterocycles. The number of anilines is 1. The summed E-state index contributed by atoms with van der Waals surface area (Å²) in [6, 6.07) is 0. The molecule has 0 spiro atoms. The van der Waals surface area contributed by atoms with Crippen molar-refractivity contribution in [2.24, 2.45) is 0 Å². The van der Waals surface area contributed by atoms with Crippen LogP contribution in [-0.4, -0.2) is 23.0 Å². The monoisotopic (exact) mass is 199 g/mol. The lowest BCUT2D eigenvalue weighted by molar-refractivity contribution is 0.427. The van der Waals surface area contributed by atoms with Crippen molar-refractivity contribution in [2.45, 2.75) is 33.2 Å². The van der Waals surface area contributed by atoms with Crippen LogP contribution < -0.4 is 5.32 Å². The summed E-state index contributed by atoms with van der Waals surface area (Å²) in [5.41, 5.74) is 1.08. The molecule has 14 heavy (non-hydrogen) atoms. The van der Waals surface area contributed by atoms with Crippen molar-refractivity contribution >= 4 is 5.82 Å². The summed E-state index contributed by atoms with van der Waals surface area (Å²) in [5, 5.41) is 7.48. The molecule has 0 fully saturated rings. The lowest BCUT2D eigenvalue weighted by Gasteiger charge is -2.01. The second kappa shape index (κ2) is 5.62. The number of nitrogens with zero attached hydrogens (tertiary/aromatic N) is 2. The Morgan fingerprint density at radius 2 is 2.36 bits per heavy atom. The minimum Gasteiger partial charge on any atom is -0.368 e. The second-order valence-electron chi connectivity index (χ2n) is 3.39. The number of hydrogen-bond donors (Lipinski definition) is 1. The Labute approximate surface area is 84.3 Å². The van der Waals surface area contributed by atoms with Crippen molar-refractivity contribution < 1.29 is 4.39 Å². The molecule has 0 atom stereocenters. The summed E-state index contributed by atoms with van der Waals surface area (Å²) in [5.74, 6) is 0.881. The molecule has 0 unspecified atom stereocenters. The molecule has 1 aromatic rings. The van der Waals surface area contributed by atoms with E-state index in [4.69, 9.17) is 0 Å². The molecule has 0 bridgehead atoms. The number of aryl methyl sites for hydroxylation is 2. The molecule has 0 radical (unpaired) electrons. The molecular formula is C10H18FN3. The normalized spacial score (nSPS) is 10.5. The van der Waals surface area contributed by atoms with Crippen LogP contribution in [-0.2, 0) is 6.54 Å². The van der Waals surface area contributed by atoms with E-state index in [2.05, 4.69) is 17.3 Å². The molecule has 0 aliphatic heterocycles. The van der Waals surface area contributed by atoms with E-state index in [0.29, 0.717) is 6.54 Å². The maximum atomic E-state index is 12.0. The van der Waals surface area contributed by atoms with Crippen molar-refractivity contribution in [3.63, 3.8) is 0 Å². The topological polar surface area (TPSA) is 29.9 Å². The number of rotatable bonds is 6. The zero-order valence-electron chi connectivity index (χ0n) is 8.89. The van der Waals surface area contributed by atoms with Gasteiger partial charge in [-0.25, -0.2) is 4.39 Å². The fourth-order valence-electron chi connectivity index (χ4n) is 1.28. The van der Waals surface area contributed by atoms with Crippen LogP contribution in [0.1, 0.15) is 25.3 Å². The molecule has 4 heteroatoms. The Balaban J connectivity index is 2.49. The first-order chi connectivity index (χ1) is 6.77. The molecule has 80 valence electrons. The smallest absolute Gasteiger partial charge is 0.150 e. The summed E-state index contributed by atoms with van der Waals surface area (Å²) < 4.78 is 13.7. The van der Waals surface area contributed by atoms with Crippen LogP contribution in [0, 0.1) is 6.92 Å². The second-order valence-corrected chi connectivity index (χ2v) is 3.39. The summed E-state index contributed by atoms with van der Waals surface area (Å²) >= 11 is 0. The fraction of sp³-hybridized carbons (Fsp3) is 0.700. The Morgan fingerprint density at radius 3 is 3.00 bits per heavy atom. The van der Waals surface area contributed by atoms with Crippen LogP contribution in [0.15, 0.2) is 6.20 Å². The van der Waals surface area contributed by atoms with Gasteiger partial charge in [-0.15, -0.1) is 0 Å². The maximum absolute atomic E-state index is 12.0. The predicted molar refractivity (Wildman–Crippen MR) is 56.3 cm³/mol. The standard InChI is InChI=1S/C10H18FN3/c1-3-4-6-12-10-9(2)8-14(13-10)7-5-11/h8H,3-7H2,1-2H3,(H,12,13). The first-order valence-corrected chi connectivity index (χ1v) is 5.11. The Kier molecular flexibility index (Phi) is 4.43. The molecule has 3 nitrogen and oxygen atoms in total. The van der Waals surface area contributed by atoms with Crippen molar-refractivity contribution in [1.82, 2.24) is 9.78 Å². The van der Waals surface area contributed by atoms with Gasteiger partial charge in [-0.2, -0.15) is 5.10 Å². The van der Waals surface area contributed by atoms with E-state index < -0.39 is 0 Å². The van der Waals surface area contributed by atoms with Gasteiger partial charge in [0.15, 0.2) is 5.82 Å². The van der Waals surface area contributed by atoms with E-state index in [1.54, 1.807) is 4.68 Å². The first-order valence-electron chi connectivity index (χ1n) is 5.11. The highest BCUT2D eigenvalue weighted by molar-refractivity contribution is 5.41. The highest BCUT2D eigenvalue weighted by Crippen LogP contribution is 2.11. The number of alkyl halides is 1. The lowest BCUT2D eigenvalue weighted by Crippen LogP contribution is -2.04. The summed E-state index contributed by atoms with van der Waals surface area (Å²) in [7, 11) is 0. The molecule has 0 aromatic carbocycles. The van der Waals surface area contributed by atoms with Crippen molar-refractivity contribution in [3.8, 4) is 0 Å². The largest absolute Gasteiger partial charge is 0.368 e. The van der Waals surface area contributed by atoms with Gasteiger partial charge in [0.1, 0.15) is 6.67 Å². The Hall–Kier alpha value is -1.06. The average molecular weight is 199 g/mol. The van der Waals surface area contributed by atoms with E-state index in [1.165, 1.54) is 0 Å². The number of nitrogens with one attached hydrogen (secondary N) is 1. The van der Waals surface area contributed by atoms with E-state index in [9.17, 15) is 4.39 Å². The quantitative estimate of drug-likeness (QED) is 0.713. The summed E-state index contributed by atoms with van der Waals surface area (Å²) in [4.78, 5) is 0. The van der Waals surface area contributed by atoms with Gasteiger partial charge in [-0.05, 0) is 13.3 Å². The third-order valence-corrected chi connectivity index (χ3v) is 2.08. The number of hydrogen-bond acceptors (Lipinski definition) is 2. The molecule has 1 N–H and O–H groups in total. The Bertz CT molecular complexity index is 270. The zero-order chi connectivity index (χ0) is 10.4. The van der Waals surface area contributed by atoms with Gasteiger partial charge in [0.2, 0.25) is 0 Å². The zero-order valence-corrected chi connectivity index (χ0v) is 8.89. The van der Waals surface area contributed by atoms with E-state index >= 15 is 0 Å². The van der Waals surface area contributed by atoms with Gasteiger partial charge in [-0.3, -0.25) is 4.68 Å². The molecule has 1 heterocycles. The van der Waals surface area contributed by atoms with Crippen LogP contribution >= 0.6 is 0 Å². The maximum Gasteiger partial charge on any atom is 0.150 e. The predicted octanol–water partition coefficient (Wildman–Crippen LogP) is 2.37. The van der Waals surface area contributed by atoms with Gasteiger partial charge >= 0.3 is 0 Å². The van der Waals surface area contributed by atoms with E-state index in [1.807, 2.05) is 13.1 Å². The molecule has 0 saturated carbocycles. The molecule has 0 aliphatic rings. The van der Waals surface area contributed by atoms with Gasteiger partial charge < -0.3 is 5.32 Å². The minimum absolute atomic E-state index is 0.344. The molecule has 1 rings (SSSR count). The van der Waals surface area contributed by atoms with Crippen LogP contribution in [0.25, 0.3) is 0 Å². The summed E-state index contributed by atoms with van der Waals surface area (Å²) in [6.45, 7) is 5.04. The van der Waals surface area contributed by atoms with Gasteiger partial charge in [0.05, 0.1) is 6.54 Å². The third kappa shape index (κ3) is 3.01. The first kappa shape index (κ1) is 11.0. The van der Waals surface area contributed by atoms with Crippen LogP contribution in [0.2, 0.25) is 0 Å². The summed E-state index contributed by atoms with van der Waals surface area (Å²) in [6.07, 6.45) is 4.17. The highest BCUT2D eigenvalue weighted by Gasteiger charge is 2.03. The molecular weight excluding hydrogens is 181 g/mol. The van der Waals surface area contributed by atoms with Gasteiger partial charge in [0, 0.05) is 18.3 Å². The minimum atomic E-state index is -0.366. The van der Waals surface area contributed by atoms with E-state index in [0.717, 1.165) is 30.8 Å². The van der Waals surface area contributed by atoms with Crippen LogP contribution in [0.3, 0.4) is 0 Å². The SMILES string of the molecule is CCCCNc1nn(CCF)cc1C. The molecule has 0 aliphatic carbocycles. The van der Waals surface area contributed by atoms with Crippen LogP contribution in [0.5, 0.6) is 0 Å². The highest BCUT2D eigenvalue weighted by atomic mass is 19.1.